The number of fused-ring (bicyclic) bond motifs is 2. The van der Waals surface area contributed by atoms with Crippen molar-refractivity contribution in [2.45, 2.75) is 64.8 Å². The van der Waals surface area contributed by atoms with Gasteiger partial charge in [-0.3, -0.25) is 23.7 Å². The second-order valence-corrected chi connectivity index (χ2v) is 11.1. The number of amides is 1. The van der Waals surface area contributed by atoms with Crippen molar-refractivity contribution >= 4 is 34.8 Å². The van der Waals surface area contributed by atoms with Crippen molar-refractivity contribution in [3.8, 4) is 11.5 Å². The summed E-state index contributed by atoms with van der Waals surface area (Å²) in [6.45, 7) is 4.95. The van der Waals surface area contributed by atoms with Gasteiger partial charge in [-0.2, -0.15) is 0 Å². The number of aromatic nitrogens is 2. The normalized spacial score (nSPS) is 22.0. The van der Waals surface area contributed by atoms with E-state index >= 15 is 4.39 Å². The first kappa shape index (κ1) is 32.6. The highest BCUT2D eigenvalue weighted by Crippen LogP contribution is 2.43. The van der Waals surface area contributed by atoms with Crippen LogP contribution in [-0.2, 0) is 33.3 Å². The van der Waals surface area contributed by atoms with Crippen molar-refractivity contribution in [1.82, 2.24) is 14.5 Å². The van der Waals surface area contributed by atoms with Crippen LogP contribution in [0.1, 0.15) is 61.3 Å². The monoisotopic (exact) mass is 645 g/mol. The highest BCUT2D eigenvalue weighted by atomic mass is 19.1. The molecule has 1 amide bonds. The molecule has 1 fully saturated rings. The van der Waals surface area contributed by atoms with Gasteiger partial charge in [0.25, 0.3) is 5.91 Å². The zero-order valence-electron chi connectivity index (χ0n) is 26.0. The van der Waals surface area contributed by atoms with Gasteiger partial charge in [-0.1, -0.05) is 0 Å². The first-order valence-corrected chi connectivity index (χ1v) is 14.4. The molecule has 0 saturated carbocycles. The van der Waals surface area contributed by atoms with Crippen LogP contribution >= 0.6 is 0 Å². The first-order chi connectivity index (χ1) is 21.7. The van der Waals surface area contributed by atoms with Crippen molar-refractivity contribution in [2.24, 2.45) is 0 Å². The van der Waals surface area contributed by atoms with E-state index in [9.17, 15) is 23.6 Å². The Hall–Kier alpha value is -4.79. The van der Waals surface area contributed by atoms with Gasteiger partial charge < -0.3 is 33.3 Å². The first-order valence-electron chi connectivity index (χ1n) is 14.4. The van der Waals surface area contributed by atoms with Crippen LogP contribution in [0, 0.1) is 18.6 Å². The molecule has 0 N–H and O–H groups in total. The Bertz CT molecular complexity index is 1710. The van der Waals surface area contributed by atoms with E-state index < -0.39 is 60.2 Å². The third-order valence-electron chi connectivity index (χ3n) is 7.46. The van der Waals surface area contributed by atoms with E-state index in [-0.39, 0.29) is 59.2 Å². The lowest BCUT2D eigenvalue weighted by Crippen LogP contribution is -2.40. The van der Waals surface area contributed by atoms with Crippen LogP contribution in [-0.4, -0.2) is 83.9 Å². The molecule has 0 radical (unpaired) electrons. The summed E-state index contributed by atoms with van der Waals surface area (Å²) in [4.78, 5) is 55.1. The average molecular weight is 646 g/mol. The Morgan fingerprint density at radius 1 is 1.00 bits per heavy atom. The minimum Gasteiger partial charge on any atom is -0.493 e. The number of nitrogens with zero attached hydrogens (tertiary/aromatic N) is 3. The van der Waals surface area contributed by atoms with Gasteiger partial charge in [0.15, 0.2) is 18.4 Å². The fourth-order valence-corrected chi connectivity index (χ4v) is 5.68. The number of carbonyl (C=O) groups excluding carboxylic acids is 4. The fraction of sp³-hybridized carbons (Fsp3) is 0.452. The van der Waals surface area contributed by atoms with E-state index in [4.69, 9.17) is 28.4 Å². The maximum Gasteiger partial charge on any atom is 0.303 e. The SMILES string of the molecule is CC(=O)OC[C@H]1OC(n2c(C)nc3cc(C(=O)N(C)C)cc(O[C@H]4CCOc5cc(F)cc(F)c54)c32)[C@H](OC(C)=O)[C@@H]1OC(C)=O. The second-order valence-electron chi connectivity index (χ2n) is 11.1. The number of benzene rings is 2. The Morgan fingerprint density at radius 3 is 2.35 bits per heavy atom. The number of aryl methyl sites for hydroxylation is 1. The van der Waals surface area contributed by atoms with Gasteiger partial charge in [0.05, 0.1) is 17.7 Å². The average Bonchev–Trinajstić information content (AvgIpc) is 3.46. The second kappa shape index (κ2) is 12.9. The van der Waals surface area contributed by atoms with Crippen molar-refractivity contribution < 1.29 is 56.4 Å². The molecule has 3 heterocycles. The van der Waals surface area contributed by atoms with E-state index in [1.54, 1.807) is 25.6 Å². The molecule has 1 aromatic heterocycles. The lowest BCUT2D eigenvalue weighted by Gasteiger charge is -2.28. The molecule has 1 saturated heterocycles. The number of ether oxygens (including phenoxy) is 6. The van der Waals surface area contributed by atoms with Crippen molar-refractivity contribution in [3.63, 3.8) is 0 Å². The lowest BCUT2D eigenvalue weighted by molar-refractivity contribution is -0.166. The van der Waals surface area contributed by atoms with E-state index in [2.05, 4.69) is 4.98 Å². The zero-order valence-corrected chi connectivity index (χ0v) is 26.0. The Balaban J connectivity index is 1.68. The van der Waals surface area contributed by atoms with Crippen LogP contribution in [0.3, 0.4) is 0 Å². The fourth-order valence-electron chi connectivity index (χ4n) is 5.68. The van der Waals surface area contributed by atoms with Crippen LogP contribution in [0.15, 0.2) is 24.3 Å². The highest BCUT2D eigenvalue weighted by Gasteiger charge is 2.51. The molecule has 13 nitrogen and oxygen atoms in total. The number of rotatable bonds is 8. The van der Waals surface area contributed by atoms with Crippen LogP contribution in [0.4, 0.5) is 8.78 Å². The number of esters is 3. The summed E-state index contributed by atoms with van der Waals surface area (Å²) in [5.41, 5.74) is 0.766. The predicted molar refractivity (Wildman–Crippen MR) is 154 cm³/mol. The van der Waals surface area contributed by atoms with E-state index in [1.165, 1.54) is 37.8 Å². The molecule has 3 aromatic rings. The molecule has 0 spiro atoms. The number of imidazole rings is 1. The van der Waals surface area contributed by atoms with Gasteiger partial charge in [0.2, 0.25) is 0 Å². The van der Waals surface area contributed by atoms with Crippen LogP contribution < -0.4 is 9.47 Å². The molecule has 2 aromatic carbocycles. The number of halogens is 2. The third-order valence-corrected chi connectivity index (χ3v) is 7.46. The predicted octanol–water partition coefficient (Wildman–Crippen LogP) is 3.55. The summed E-state index contributed by atoms with van der Waals surface area (Å²) < 4.78 is 65.1. The van der Waals surface area contributed by atoms with Crippen molar-refractivity contribution in [3.05, 3.63) is 52.9 Å². The van der Waals surface area contributed by atoms with Gasteiger partial charge in [-0.15, -0.1) is 0 Å². The molecule has 0 bridgehead atoms. The third kappa shape index (κ3) is 6.45. The van der Waals surface area contributed by atoms with Gasteiger partial charge in [-0.25, -0.2) is 13.8 Å². The van der Waals surface area contributed by atoms with Gasteiger partial charge in [0, 0.05) is 59.0 Å². The van der Waals surface area contributed by atoms with Gasteiger partial charge in [-0.05, 0) is 19.1 Å². The standard InChI is InChI=1S/C31H33F2N3O10/c1-14-34-21-9-18(30(40)35(5)6)10-24(45-22-7-8-41-23-12-19(32)11-20(33)26(22)23)27(21)36(14)31-29(44-17(4)39)28(43-16(3)38)25(46-31)13-42-15(2)37/h9-12,22,25,28-29,31H,7-8,13H2,1-6H3/t22-,25+,28+,29+,31?/m0/s1. The molecule has 46 heavy (non-hydrogen) atoms. The van der Waals surface area contributed by atoms with Crippen LogP contribution in [0.5, 0.6) is 11.5 Å². The molecule has 5 atom stereocenters. The zero-order chi connectivity index (χ0) is 33.4. The Kier molecular flexibility index (Phi) is 9.15. The lowest BCUT2D eigenvalue weighted by atomic mass is 10.0. The molecular weight excluding hydrogens is 612 g/mol. The summed E-state index contributed by atoms with van der Waals surface area (Å²) in [6, 6.07) is 4.80. The molecule has 246 valence electrons. The Labute approximate surface area is 262 Å². The smallest absolute Gasteiger partial charge is 0.303 e. The van der Waals surface area contributed by atoms with E-state index in [1.807, 2.05) is 0 Å². The van der Waals surface area contributed by atoms with Crippen LogP contribution in [0.2, 0.25) is 0 Å². The molecule has 0 aliphatic carbocycles. The quantitative estimate of drug-likeness (QED) is 0.262. The summed E-state index contributed by atoms with van der Waals surface area (Å²) in [6.07, 6.45) is -5.44. The maximum absolute atomic E-state index is 15.1. The van der Waals surface area contributed by atoms with Gasteiger partial charge in [0.1, 0.15) is 53.3 Å². The molecular formula is C31H33F2N3O10. The van der Waals surface area contributed by atoms with Crippen LogP contribution in [0.25, 0.3) is 11.0 Å². The molecule has 15 heteroatoms. The van der Waals surface area contributed by atoms with Crippen molar-refractivity contribution in [1.29, 1.82) is 0 Å². The molecule has 2 aliphatic rings. The summed E-state index contributed by atoms with van der Waals surface area (Å²) in [5, 5.41) is 0. The highest BCUT2D eigenvalue weighted by molar-refractivity contribution is 5.99. The van der Waals surface area contributed by atoms with E-state index in [0.29, 0.717) is 5.82 Å². The maximum atomic E-state index is 15.1. The van der Waals surface area contributed by atoms with E-state index in [0.717, 1.165) is 12.1 Å². The minimum absolute atomic E-state index is 0.000741. The van der Waals surface area contributed by atoms with Crippen molar-refractivity contribution in [2.75, 3.05) is 27.3 Å². The summed E-state index contributed by atoms with van der Waals surface area (Å²) >= 11 is 0. The molecule has 2 aliphatic heterocycles. The summed E-state index contributed by atoms with van der Waals surface area (Å²) in [5.74, 6) is -3.66. The topological polar surface area (TPSA) is 145 Å². The largest absolute Gasteiger partial charge is 0.493 e. The number of carbonyl (C=O) groups is 4. The minimum atomic E-state index is -1.24. The Morgan fingerprint density at radius 2 is 1.70 bits per heavy atom. The number of hydrogen-bond acceptors (Lipinski definition) is 11. The number of hydrogen-bond donors (Lipinski definition) is 0. The molecule has 1 unspecified atom stereocenters. The summed E-state index contributed by atoms with van der Waals surface area (Å²) in [7, 11) is 3.15. The molecule has 5 rings (SSSR count). The van der Waals surface area contributed by atoms with Gasteiger partial charge >= 0.3 is 17.9 Å².